The van der Waals surface area contributed by atoms with E-state index in [4.69, 9.17) is 9.47 Å². The van der Waals surface area contributed by atoms with Crippen LogP contribution in [-0.2, 0) is 4.74 Å². The molecule has 1 amide bonds. The molecule has 0 aromatic heterocycles. The Balaban J connectivity index is 1.92. The van der Waals surface area contributed by atoms with Gasteiger partial charge in [-0.3, -0.25) is 4.79 Å². The Bertz CT molecular complexity index is 518. The van der Waals surface area contributed by atoms with Gasteiger partial charge >= 0.3 is 6.09 Å². The molecule has 0 aliphatic carbocycles. The van der Waals surface area contributed by atoms with Crippen LogP contribution in [-0.4, -0.2) is 42.1 Å². The van der Waals surface area contributed by atoms with Gasteiger partial charge in [0.1, 0.15) is 23.7 Å². The van der Waals surface area contributed by atoms with Gasteiger partial charge in [-0.2, -0.15) is 0 Å². The Labute approximate surface area is 131 Å². The molecule has 1 aliphatic heterocycles. The van der Waals surface area contributed by atoms with Crippen molar-refractivity contribution in [2.45, 2.75) is 45.3 Å². The van der Waals surface area contributed by atoms with E-state index >= 15 is 0 Å². The van der Waals surface area contributed by atoms with Crippen LogP contribution in [0.15, 0.2) is 24.3 Å². The standard InChI is InChI=1S/C17H23NO4/c1-17(2,3)22-16(20)18-10-4-5-15(11-18)21-14-8-6-13(12-19)7-9-14/h6-9,12,15H,4-5,10-11H2,1-3H3/t15-/m0/s1. The maximum atomic E-state index is 12.1. The minimum Gasteiger partial charge on any atom is -0.489 e. The first-order valence-electron chi connectivity index (χ1n) is 7.57. The van der Waals surface area contributed by atoms with Gasteiger partial charge in [-0.1, -0.05) is 0 Å². The quantitative estimate of drug-likeness (QED) is 0.804. The Morgan fingerprint density at radius 1 is 1.27 bits per heavy atom. The summed E-state index contributed by atoms with van der Waals surface area (Å²) in [5.41, 5.74) is 0.126. The molecule has 0 radical (unpaired) electrons. The summed E-state index contributed by atoms with van der Waals surface area (Å²) in [6.07, 6.45) is 2.24. The van der Waals surface area contributed by atoms with Crippen molar-refractivity contribution in [1.29, 1.82) is 0 Å². The highest BCUT2D eigenvalue weighted by molar-refractivity contribution is 5.74. The lowest BCUT2D eigenvalue weighted by Crippen LogP contribution is -2.46. The largest absolute Gasteiger partial charge is 0.489 e. The summed E-state index contributed by atoms with van der Waals surface area (Å²) in [5.74, 6) is 0.710. The van der Waals surface area contributed by atoms with Crippen LogP contribution in [0.3, 0.4) is 0 Å². The summed E-state index contributed by atoms with van der Waals surface area (Å²) in [7, 11) is 0. The summed E-state index contributed by atoms with van der Waals surface area (Å²) in [4.78, 5) is 24.4. The third-order valence-electron chi connectivity index (χ3n) is 3.35. The molecule has 0 saturated carbocycles. The molecule has 0 bridgehead atoms. The zero-order chi connectivity index (χ0) is 16.2. The molecule has 5 nitrogen and oxygen atoms in total. The molecule has 0 unspecified atom stereocenters. The van der Waals surface area contributed by atoms with Gasteiger partial charge in [-0.05, 0) is 57.9 Å². The van der Waals surface area contributed by atoms with Crippen molar-refractivity contribution in [3.63, 3.8) is 0 Å². The number of rotatable bonds is 3. The zero-order valence-corrected chi connectivity index (χ0v) is 13.4. The summed E-state index contributed by atoms with van der Waals surface area (Å²) < 4.78 is 11.3. The minimum absolute atomic E-state index is 0.0525. The highest BCUT2D eigenvalue weighted by Crippen LogP contribution is 2.20. The molecule has 1 aromatic rings. The molecule has 1 atom stereocenters. The first-order valence-corrected chi connectivity index (χ1v) is 7.57. The Morgan fingerprint density at radius 2 is 1.95 bits per heavy atom. The normalized spacial score (nSPS) is 18.7. The maximum absolute atomic E-state index is 12.1. The lowest BCUT2D eigenvalue weighted by Gasteiger charge is -2.34. The van der Waals surface area contributed by atoms with Gasteiger partial charge < -0.3 is 14.4 Å². The maximum Gasteiger partial charge on any atom is 0.410 e. The molecule has 120 valence electrons. The van der Waals surface area contributed by atoms with Crippen LogP contribution in [0.25, 0.3) is 0 Å². The second-order valence-electron chi connectivity index (χ2n) is 6.50. The fraction of sp³-hybridized carbons (Fsp3) is 0.529. The Morgan fingerprint density at radius 3 is 2.55 bits per heavy atom. The summed E-state index contributed by atoms with van der Waals surface area (Å²) in [6.45, 7) is 6.79. The smallest absolute Gasteiger partial charge is 0.410 e. The van der Waals surface area contributed by atoms with Crippen LogP contribution in [0, 0.1) is 0 Å². The highest BCUT2D eigenvalue weighted by atomic mass is 16.6. The number of likely N-dealkylation sites (tertiary alicyclic amines) is 1. The summed E-state index contributed by atoms with van der Waals surface area (Å²) in [6, 6.07) is 6.99. The van der Waals surface area contributed by atoms with Crippen LogP contribution in [0.1, 0.15) is 44.0 Å². The highest BCUT2D eigenvalue weighted by Gasteiger charge is 2.28. The Hall–Kier alpha value is -2.04. The predicted octanol–water partition coefficient (Wildman–Crippen LogP) is 3.28. The second kappa shape index (κ2) is 6.81. The third kappa shape index (κ3) is 4.76. The molecule has 1 saturated heterocycles. The number of ether oxygens (including phenoxy) is 2. The van der Waals surface area contributed by atoms with Crippen molar-refractivity contribution in [1.82, 2.24) is 4.90 Å². The molecule has 1 aliphatic rings. The van der Waals surface area contributed by atoms with E-state index < -0.39 is 5.60 Å². The van der Waals surface area contributed by atoms with Gasteiger partial charge in [0.2, 0.25) is 0 Å². The number of amides is 1. The van der Waals surface area contributed by atoms with E-state index in [1.54, 1.807) is 29.2 Å². The van der Waals surface area contributed by atoms with E-state index in [-0.39, 0.29) is 12.2 Å². The predicted molar refractivity (Wildman–Crippen MR) is 83.3 cm³/mol. The van der Waals surface area contributed by atoms with Gasteiger partial charge in [-0.15, -0.1) is 0 Å². The van der Waals surface area contributed by atoms with E-state index in [1.165, 1.54) is 0 Å². The number of hydrogen-bond acceptors (Lipinski definition) is 4. The van der Waals surface area contributed by atoms with Crippen molar-refractivity contribution in [3.8, 4) is 5.75 Å². The molecule has 1 aromatic carbocycles. The number of carbonyl (C=O) groups excluding carboxylic acids is 2. The lowest BCUT2D eigenvalue weighted by atomic mass is 10.1. The average Bonchev–Trinajstić information content (AvgIpc) is 2.46. The van der Waals surface area contributed by atoms with Gasteiger partial charge in [-0.25, -0.2) is 4.79 Å². The molecule has 22 heavy (non-hydrogen) atoms. The van der Waals surface area contributed by atoms with Crippen LogP contribution in [0.5, 0.6) is 5.75 Å². The molecular weight excluding hydrogens is 282 g/mol. The summed E-state index contributed by atoms with van der Waals surface area (Å²) in [5, 5.41) is 0. The van der Waals surface area contributed by atoms with Crippen molar-refractivity contribution >= 4 is 12.4 Å². The molecular formula is C17H23NO4. The molecule has 1 heterocycles. The number of aldehydes is 1. The van der Waals surface area contributed by atoms with E-state index in [1.807, 2.05) is 20.8 Å². The SMILES string of the molecule is CC(C)(C)OC(=O)N1CCC[C@H](Oc2ccc(C=O)cc2)C1. The number of carbonyl (C=O) groups is 2. The lowest BCUT2D eigenvalue weighted by molar-refractivity contribution is 0.00775. The van der Waals surface area contributed by atoms with Crippen LogP contribution >= 0.6 is 0 Å². The van der Waals surface area contributed by atoms with Crippen molar-refractivity contribution in [2.24, 2.45) is 0 Å². The van der Waals surface area contributed by atoms with E-state index in [0.717, 1.165) is 19.1 Å². The van der Waals surface area contributed by atoms with Crippen molar-refractivity contribution in [2.75, 3.05) is 13.1 Å². The number of nitrogens with zero attached hydrogens (tertiary/aromatic N) is 1. The third-order valence-corrected chi connectivity index (χ3v) is 3.35. The topological polar surface area (TPSA) is 55.8 Å². The van der Waals surface area contributed by atoms with E-state index in [0.29, 0.717) is 24.4 Å². The van der Waals surface area contributed by atoms with Crippen LogP contribution < -0.4 is 4.74 Å². The zero-order valence-electron chi connectivity index (χ0n) is 13.4. The molecule has 2 rings (SSSR count). The molecule has 1 fully saturated rings. The van der Waals surface area contributed by atoms with Gasteiger partial charge in [0, 0.05) is 12.1 Å². The number of benzene rings is 1. The first kappa shape index (κ1) is 16.3. The van der Waals surface area contributed by atoms with Crippen LogP contribution in [0.4, 0.5) is 4.79 Å². The van der Waals surface area contributed by atoms with Gasteiger partial charge in [0.15, 0.2) is 0 Å². The summed E-state index contributed by atoms with van der Waals surface area (Å²) >= 11 is 0. The minimum atomic E-state index is -0.491. The van der Waals surface area contributed by atoms with Crippen molar-refractivity contribution in [3.05, 3.63) is 29.8 Å². The molecule has 0 N–H and O–H groups in total. The molecule has 0 spiro atoms. The fourth-order valence-electron chi connectivity index (χ4n) is 2.34. The second-order valence-corrected chi connectivity index (χ2v) is 6.50. The van der Waals surface area contributed by atoms with Crippen molar-refractivity contribution < 1.29 is 19.1 Å². The van der Waals surface area contributed by atoms with Gasteiger partial charge in [0.25, 0.3) is 0 Å². The molecule has 5 heteroatoms. The van der Waals surface area contributed by atoms with Crippen LogP contribution in [0.2, 0.25) is 0 Å². The first-order chi connectivity index (χ1) is 10.4. The Kier molecular flexibility index (Phi) is 5.06. The average molecular weight is 305 g/mol. The monoisotopic (exact) mass is 305 g/mol. The number of hydrogen-bond donors (Lipinski definition) is 0. The van der Waals surface area contributed by atoms with E-state index in [9.17, 15) is 9.59 Å². The fourth-order valence-corrected chi connectivity index (χ4v) is 2.34. The number of piperidine rings is 1. The van der Waals surface area contributed by atoms with Gasteiger partial charge in [0.05, 0.1) is 6.54 Å². The van der Waals surface area contributed by atoms with E-state index in [2.05, 4.69) is 0 Å².